The summed E-state index contributed by atoms with van der Waals surface area (Å²) >= 11 is 0. The van der Waals surface area contributed by atoms with Crippen LogP contribution in [0.1, 0.15) is 35.9 Å². The molecule has 1 aliphatic rings. The zero-order valence-corrected chi connectivity index (χ0v) is 13.4. The molecule has 124 valence electrons. The number of fused-ring (bicyclic) bond motifs is 3. The Morgan fingerprint density at radius 1 is 1.21 bits per heavy atom. The molecule has 3 aromatic rings. The van der Waals surface area contributed by atoms with Crippen molar-refractivity contribution in [2.45, 2.75) is 39.2 Å². The van der Waals surface area contributed by atoms with Crippen LogP contribution in [0.4, 0.5) is 10.5 Å². The van der Waals surface area contributed by atoms with Gasteiger partial charge in [-0.3, -0.25) is 0 Å². The molecule has 2 heterocycles. The van der Waals surface area contributed by atoms with Gasteiger partial charge < -0.3 is 19.5 Å². The molecule has 7 heteroatoms. The minimum atomic E-state index is -0.340. The van der Waals surface area contributed by atoms with E-state index >= 15 is 0 Å². The van der Waals surface area contributed by atoms with E-state index in [9.17, 15) is 4.79 Å². The molecule has 7 nitrogen and oxygen atoms in total. The van der Waals surface area contributed by atoms with Crippen molar-refractivity contribution in [3.8, 4) is 0 Å². The molecule has 0 radical (unpaired) electrons. The molecule has 24 heavy (non-hydrogen) atoms. The van der Waals surface area contributed by atoms with E-state index in [4.69, 9.17) is 8.83 Å². The number of anilines is 1. The Kier molecular flexibility index (Phi) is 3.68. The van der Waals surface area contributed by atoms with Gasteiger partial charge in [0.05, 0.1) is 12.2 Å². The minimum absolute atomic E-state index is 0.178. The monoisotopic (exact) mass is 326 g/mol. The number of urea groups is 1. The fourth-order valence-corrected chi connectivity index (χ4v) is 3.11. The van der Waals surface area contributed by atoms with Gasteiger partial charge in [-0.05, 0) is 25.3 Å². The van der Waals surface area contributed by atoms with Crippen LogP contribution in [0.25, 0.3) is 11.0 Å². The first kappa shape index (κ1) is 14.7. The highest BCUT2D eigenvalue weighted by atomic mass is 16.4. The molecule has 2 amide bonds. The maximum atomic E-state index is 12.1. The number of hydrogen-bond acceptors (Lipinski definition) is 5. The number of amides is 2. The molecule has 0 atom stereocenters. The lowest BCUT2D eigenvalue weighted by Gasteiger charge is -2.08. The Bertz CT molecular complexity index is 897. The number of furan rings is 1. The topological polar surface area (TPSA) is 93.2 Å². The molecular formula is C17H18N4O3. The maximum absolute atomic E-state index is 12.1. The van der Waals surface area contributed by atoms with Crippen molar-refractivity contribution >= 4 is 22.7 Å². The summed E-state index contributed by atoms with van der Waals surface area (Å²) in [5.41, 5.74) is 2.69. The van der Waals surface area contributed by atoms with Crippen LogP contribution in [0.5, 0.6) is 0 Å². The van der Waals surface area contributed by atoms with Gasteiger partial charge in [0.25, 0.3) is 0 Å². The highest BCUT2D eigenvalue weighted by Crippen LogP contribution is 2.35. The Morgan fingerprint density at radius 2 is 2.08 bits per heavy atom. The second-order valence-electron chi connectivity index (χ2n) is 5.92. The first-order valence-electron chi connectivity index (χ1n) is 8.08. The predicted molar refractivity (Wildman–Crippen MR) is 87.7 cm³/mol. The summed E-state index contributed by atoms with van der Waals surface area (Å²) in [5, 5.41) is 14.2. The summed E-state index contributed by atoms with van der Waals surface area (Å²) in [6, 6.07) is 5.48. The van der Waals surface area contributed by atoms with Crippen LogP contribution in [0.2, 0.25) is 0 Å². The number of para-hydroxylation sites is 1. The Morgan fingerprint density at radius 3 is 2.92 bits per heavy atom. The van der Waals surface area contributed by atoms with Gasteiger partial charge in [0, 0.05) is 24.3 Å². The average Bonchev–Trinajstić information content (AvgIpc) is 3.17. The summed E-state index contributed by atoms with van der Waals surface area (Å²) in [6.45, 7) is 1.88. The van der Waals surface area contributed by atoms with Crippen molar-refractivity contribution in [1.82, 2.24) is 15.5 Å². The van der Waals surface area contributed by atoms with Gasteiger partial charge in [0.15, 0.2) is 5.58 Å². The highest BCUT2D eigenvalue weighted by Gasteiger charge is 2.20. The SMILES string of the molecule is Cc1nnc(CNC(=O)Nc2cccc3c4c(oc23)CCCC4)o1. The van der Waals surface area contributed by atoms with Crippen LogP contribution in [0, 0.1) is 6.92 Å². The predicted octanol–water partition coefficient (Wildman–Crippen LogP) is 3.32. The highest BCUT2D eigenvalue weighted by molar-refractivity contribution is 6.00. The van der Waals surface area contributed by atoms with E-state index in [1.54, 1.807) is 6.92 Å². The molecular weight excluding hydrogens is 308 g/mol. The van der Waals surface area contributed by atoms with Crippen LogP contribution >= 0.6 is 0 Å². The van der Waals surface area contributed by atoms with Gasteiger partial charge in [-0.2, -0.15) is 0 Å². The van der Waals surface area contributed by atoms with Crippen molar-refractivity contribution in [3.05, 3.63) is 41.3 Å². The number of rotatable bonds is 3. The molecule has 0 fully saturated rings. The minimum Gasteiger partial charge on any atom is -0.459 e. The Balaban J connectivity index is 1.51. The first-order valence-corrected chi connectivity index (χ1v) is 8.08. The van der Waals surface area contributed by atoms with Crippen molar-refractivity contribution in [3.63, 3.8) is 0 Å². The molecule has 0 spiro atoms. The molecule has 1 aliphatic carbocycles. The van der Waals surface area contributed by atoms with E-state index in [0.29, 0.717) is 17.5 Å². The fraction of sp³-hybridized carbons (Fsp3) is 0.353. The zero-order chi connectivity index (χ0) is 16.5. The van der Waals surface area contributed by atoms with Gasteiger partial charge >= 0.3 is 6.03 Å². The average molecular weight is 326 g/mol. The number of hydrogen-bond donors (Lipinski definition) is 2. The summed E-state index contributed by atoms with van der Waals surface area (Å²) < 4.78 is 11.2. The molecule has 0 saturated carbocycles. The fourth-order valence-electron chi connectivity index (χ4n) is 3.11. The second kappa shape index (κ2) is 5.99. The van der Waals surface area contributed by atoms with E-state index < -0.39 is 0 Å². The molecule has 2 aromatic heterocycles. The molecule has 1 aromatic carbocycles. The number of carbonyl (C=O) groups is 1. The number of carbonyl (C=O) groups excluding carboxylic acids is 1. The third kappa shape index (κ3) is 2.73. The van der Waals surface area contributed by atoms with Gasteiger partial charge in [-0.25, -0.2) is 4.79 Å². The van der Waals surface area contributed by atoms with Crippen LogP contribution in [0.15, 0.2) is 27.0 Å². The van der Waals surface area contributed by atoms with Gasteiger partial charge in [-0.1, -0.05) is 12.1 Å². The normalized spacial score (nSPS) is 13.7. The summed E-state index contributed by atoms with van der Waals surface area (Å²) in [6.07, 6.45) is 4.34. The standard InChI is InChI=1S/C17H18N4O3/c1-10-20-21-15(23-10)9-18-17(22)19-13-7-4-6-12-11-5-2-3-8-14(11)24-16(12)13/h4,6-7H,2-3,5,8-9H2,1H3,(H2,18,19,22). The van der Waals surface area contributed by atoms with Crippen molar-refractivity contribution in [2.24, 2.45) is 0 Å². The van der Waals surface area contributed by atoms with Gasteiger partial charge in [0.1, 0.15) is 5.76 Å². The zero-order valence-electron chi connectivity index (χ0n) is 13.4. The smallest absolute Gasteiger partial charge is 0.319 e. The van der Waals surface area contributed by atoms with E-state index in [1.165, 1.54) is 12.0 Å². The quantitative estimate of drug-likeness (QED) is 0.770. The van der Waals surface area contributed by atoms with E-state index in [2.05, 4.69) is 20.8 Å². The summed E-state index contributed by atoms with van der Waals surface area (Å²) in [7, 11) is 0. The number of nitrogens with one attached hydrogen (secondary N) is 2. The third-order valence-corrected chi connectivity index (χ3v) is 4.20. The van der Waals surface area contributed by atoms with E-state index in [1.807, 2.05) is 18.2 Å². The number of aromatic nitrogens is 2. The van der Waals surface area contributed by atoms with E-state index in [-0.39, 0.29) is 12.6 Å². The molecule has 0 bridgehead atoms. The Labute approximate surface area is 138 Å². The van der Waals surface area contributed by atoms with Gasteiger partial charge in [-0.15, -0.1) is 10.2 Å². The lowest BCUT2D eigenvalue weighted by Crippen LogP contribution is -2.28. The summed E-state index contributed by atoms with van der Waals surface area (Å²) in [5.74, 6) is 1.89. The molecule has 4 rings (SSSR count). The number of aryl methyl sites for hydroxylation is 3. The summed E-state index contributed by atoms with van der Waals surface area (Å²) in [4.78, 5) is 12.1. The van der Waals surface area contributed by atoms with Gasteiger partial charge in [0.2, 0.25) is 11.8 Å². The third-order valence-electron chi connectivity index (χ3n) is 4.20. The number of nitrogens with zero attached hydrogens (tertiary/aromatic N) is 2. The van der Waals surface area contributed by atoms with Crippen LogP contribution < -0.4 is 10.6 Å². The lowest BCUT2D eigenvalue weighted by molar-refractivity contribution is 0.250. The first-order chi connectivity index (χ1) is 11.7. The van der Waals surface area contributed by atoms with Crippen LogP contribution in [0.3, 0.4) is 0 Å². The van der Waals surface area contributed by atoms with Crippen LogP contribution in [-0.2, 0) is 19.4 Å². The molecule has 2 N–H and O–H groups in total. The van der Waals surface area contributed by atoms with Crippen molar-refractivity contribution in [1.29, 1.82) is 0 Å². The molecule has 0 unspecified atom stereocenters. The van der Waals surface area contributed by atoms with Crippen molar-refractivity contribution in [2.75, 3.05) is 5.32 Å². The molecule has 0 saturated heterocycles. The van der Waals surface area contributed by atoms with Crippen molar-refractivity contribution < 1.29 is 13.6 Å². The van der Waals surface area contributed by atoms with E-state index in [0.717, 1.165) is 36.0 Å². The lowest BCUT2D eigenvalue weighted by atomic mass is 9.96. The molecule has 0 aliphatic heterocycles. The second-order valence-corrected chi connectivity index (χ2v) is 5.92. The largest absolute Gasteiger partial charge is 0.459 e. The van der Waals surface area contributed by atoms with Crippen LogP contribution in [-0.4, -0.2) is 16.2 Å². The Hall–Kier alpha value is -2.83. The maximum Gasteiger partial charge on any atom is 0.319 e. The number of benzene rings is 1.